The van der Waals surface area contributed by atoms with Crippen LogP contribution in [0.2, 0.25) is 0 Å². The molecular weight excluding hydrogens is 358 g/mol. The van der Waals surface area contributed by atoms with Crippen LogP contribution in [0.5, 0.6) is 0 Å². The van der Waals surface area contributed by atoms with Crippen molar-refractivity contribution in [2.75, 3.05) is 26.8 Å². The quantitative estimate of drug-likeness (QED) is 0.698. The predicted octanol–water partition coefficient (Wildman–Crippen LogP) is 4.23. The summed E-state index contributed by atoms with van der Waals surface area (Å²) in [4.78, 5) is 19.1. The monoisotopic (exact) mass is 389 g/mol. The number of thiazole rings is 1. The molecule has 0 aliphatic carbocycles. The summed E-state index contributed by atoms with van der Waals surface area (Å²) in [7, 11) is 1.66. The molecule has 2 aromatic rings. The molecule has 1 N–H and O–H groups in total. The van der Waals surface area contributed by atoms with E-state index in [2.05, 4.69) is 43.2 Å². The summed E-state index contributed by atoms with van der Waals surface area (Å²) in [6.45, 7) is 8.71. The van der Waals surface area contributed by atoms with Gasteiger partial charge in [-0.1, -0.05) is 51.1 Å². The van der Waals surface area contributed by atoms with Crippen molar-refractivity contribution < 1.29 is 9.53 Å². The molecule has 5 nitrogen and oxygen atoms in total. The van der Waals surface area contributed by atoms with E-state index in [1.54, 1.807) is 18.4 Å². The SMILES string of the molecule is COCCN(CCCc1ccccc1)C(=O)NCc1csc(C(C)(C)C)n1. The summed E-state index contributed by atoms with van der Waals surface area (Å²) < 4.78 is 5.16. The molecule has 0 aliphatic rings. The Labute approximate surface area is 166 Å². The summed E-state index contributed by atoms with van der Waals surface area (Å²) in [6, 6.07) is 10.3. The summed E-state index contributed by atoms with van der Waals surface area (Å²) in [5.74, 6) is 0. The molecule has 2 rings (SSSR count). The molecule has 0 atom stereocenters. The van der Waals surface area contributed by atoms with Crippen LogP contribution in [0.4, 0.5) is 4.79 Å². The van der Waals surface area contributed by atoms with Gasteiger partial charge < -0.3 is 15.0 Å². The summed E-state index contributed by atoms with van der Waals surface area (Å²) >= 11 is 1.65. The number of carbonyl (C=O) groups is 1. The largest absolute Gasteiger partial charge is 0.383 e. The second-order valence-corrected chi connectivity index (χ2v) is 8.48. The highest BCUT2D eigenvalue weighted by atomic mass is 32.1. The van der Waals surface area contributed by atoms with Crippen molar-refractivity contribution in [2.24, 2.45) is 0 Å². The first-order valence-electron chi connectivity index (χ1n) is 9.40. The lowest BCUT2D eigenvalue weighted by Gasteiger charge is -2.22. The maximum atomic E-state index is 12.6. The maximum Gasteiger partial charge on any atom is 0.317 e. The molecule has 0 unspecified atom stereocenters. The number of benzene rings is 1. The van der Waals surface area contributed by atoms with Crippen LogP contribution in [-0.2, 0) is 23.1 Å². The minimum absolute atomic E-state index is 0.0366. The Kier molecular flexibility index (Phi) is 8.25. The molecule has 6 heteroatoms. The number of amides is 2. The van der Waals surface area contributed by atoms with E-state index >= 15 is 0 Å². The van der Waals surface area contributed by atoms with E-state index in [4.69, 9.17) is 4.74 Å². The van der Waals surface area contributed by atoms with Crippen molar-refractivity contribution >= 4 is 17.4 Å². The molecular formula is C21H31N3O2S. The number of nitrogens with zero attached hydrogens (tertiary/aromatic N) is 2. The highest BCUT2D eigenvalue weighted by molar-refractivity contribution is 7.09. The number of aromatic nitrogens is 1. The number of hydrogen-bond acceptors (Lipinski definition) is 4. The molecule has 27 heavy (non-hydrogen) atoms. The van der Waals surface area contributed by atoms with E-state index in [1.165, 1.54) is 5.56 Å². The fourth-order valence-electron chi connectivity index (χ4n) is 2.65. The fraction of sp³-hybridized carbons (Fsp3) is 0.524. The first-order chi connectivity index (χ1) is 12.9. The van der Waals surface area contributed by atoms with Crippen molar-refractivity contribution in [3.63, 3.8) is 0 Å². The molecule has 0 saturated heterocycles. The minimum Gasteiger partial charge on any atom is -0.383 e. The Morgan fingerprint density at radius 1 is 1.22 bits per heavy atom. The van der Waals surface area contributed by atoms with Gasteiger partial charge >= 0.3 is 6.03 Å². The highest BCUT2D eigenvalue weighted by Crippen LogP contribution is 2.25. The number of rotatable bonds is 9. The van der Waals surface area contributed by atoms with Crippen molar-refractivity contribution in [3.05, 3.63) is 52.0 Å². The van der Waals surface area contributed by atoms with Gasteiger partial charge in [-0.15, -0.1) is 11.3 Å². The van der Waals surface area contributed by atoms with Crippen LogP contribution in [0.1, 0.15) is 43.5 Å². The molecule has 0 saturated carbocycles. The van der Waals surface area contributed by atoms with E-state index in [9.17, 15) is 4.79 Å². The number of nitrogens with one attached hydrogen (secondary N) is 1. The number of carbonyl (C=O) groups excluding carboxylic acids is 1. The number of urea groups is 1. The van der Waals surface area contributed by atoms with Crippen molar-refractivity contribution in [1.82, 2.24) is 15.2 Å². The Morgan fingerprint density at radius 2 is 1.96 bits per heavy atom. The van der Waals surface area contributed by atoms with Gasteiger partial charge in [0.25, 0.3) is 0 Å². The predicted molar refractivity (Wildman–Crippen MR) is 111 cm³/mol. The number of hydrogen-bond donors (Lipinski definition) is 1. The van der Waals surface area contributed by atoms with E-state index in [0.29, 0.717) is 26.2 Å². The molecule has 0 spiro atoms. The molecule has 1 heterocycles. The van der Waals surface area contributed by atoms with E-state index in [1.807, 2.05) is 28.5 Å². The van der Waals surface area contributed by atoms with Gasteiger partial charge in [-0.2, -0.15) is 0 Å². The third-order valence-electron chi connectivity index (χ3n) is 4.20. The average Bonchev–Trinajstić information content (AvgIpc) is 3.13. The van der Waals surface area contributed by atoms with Crippen molar-refractivity contribution in [2.45, 2.75) is 45.6 Å². The molecule has 0 radical (unpaired) electrons. The second-order valence-electron chi connectivity index (χ2n) is 7.62. The Morgan fingerprint density at radius 3 is 2.59 bits per heavy atom. The normalized spacial score (nSPS) is 11.4. The van der Waals surface area contributed by atoms with Gasteiger partial charge in [0.2, 0.25) is 0 Å². The van der Waals surface area contributed by atoms with Crippen LogP contribution in [-0.4, -0.2) is 42.7 Å². The van der Waals surface area contributed by atoms with Gasteiger partial charge in [-0.05, 0) is 18.4 Å². The Balaban J connectivity index is 1.84. The fourth-order valence-corrected chi connectivity index (χ4v) is 3.55. The minimum atomic E-state index is -0.0644. The lowest BCUT2D eigenvalue weighted by molar-refractivity contribution is 0.148. The lowest BCUT2D eigenvalue weighted by atomic mass is 9.98. The molecule has 0 bridgehead atoms. The third kappa shape index (κ3) is 7.31. The zero-order valence-corrected chi connectivity index (χ0v) is 17.6. The summed E-state index contributed by atoms with van der Waals surface area (Å²) in [5.41, 5.74) is 2.24. The van der Waals surface area contributed by atoms with E-state index in [-0.39, 0.29) is 11.4 Å². The van der Waals surface area contributed by atoms with Crippen molar-refractivity contribution in [3.8, 4) is 0 Å². The molecule has 0 aliphatic heterocycles. The van der Waals surface area contributed by atoms with Gasteiger partial charge in [0.15, 0.2) is 0 Å². The zero-order valence-electron chi connectivity index (χ0n) is 16.8. The van der Waals surface area contributed by atoms with Crippen LogP contribution in [0.25, 0.3) is 0 Å². The topological polar surface area (TPSA) is 54.5 Å². The highest BCUT2D eigenvalue weighted by Gasteiger charge is 2.18. The van der Waals surface area contributed by atoms with Crippen LogP contribution >= 0.6 is 11.3 Å². The first-order valence-corrected chi connectivity index (χ1v) is 10.3. The van der Waals surface area contributed by atoms with E-state index < -0.39 is 0 Å². The number of methoxy groups -OCH3 is 1. The van der Waals surface area contributed by atoms with Gasteiger partial charge in [-0.25, -0.2) is 9.78 Å². The van der Waals surface area contributed by atoms with Gasteiger partial charge in [-0.3, -0.25) is 0 Å². The Hall–Kier alpha value is -1.92. The average molecular weight is 390 g/mol. The third-order valence-corrected chi connectivity index (χ3v) is 5.52. The standard InChI is InChI=1S/C21H31N3O2S/c1-21(2,3)19-23-18(16-27-19)15-22-20(25)24(13-14-26-4)12-8-11-17-9-6-5-7-10-17/h5-7,9-10,16H,8,11-15H2,1-4H3,(H,22,25). The number of aryl methyl sites for hydroxylation is 1. The molecule has 148 valence electrons. The van der Waals surface area contributed by atoms with Crippen LogP contribution in [0.3, 0.4) is 0 Å². The molecule has 2 amide bonds. The van der Waals surface area contributed by atoms with Crippen LogP contribution < -0.4 is 5.32 Å². The number of ether oxygens (including phenoxy) is 1. The van der Waals surface area contributed by atoms with Gasteiger partial charge in [0, 0.05) is 31.0 Å². The van der Waals surface area contributed by atoms with Crippen LogP contribution in [0.15, 0.2) is 35.7 Å². The van der Waals surface area contributed by atoms with Crippen molar-refractivity contribution in [1.29, 1.82) is 0 Å². The molecule has 1 aromatic carbocycles. The maximum absolute atomic E-state index is 12.6. The first kappa shape index (κ1) is 21.4. The Bertz CT molecular complexity index is 695. The summed E-state index contributed by atoms with van der Waals surface area (Å²) in [5, 5.41) is 6.11. The van der Waals surface area contributed by atoms with Gasteiger partial charge in [0.05, 0.1) is 23.9 Å². The molecule has 1 aromatic heterocycles. The van der Waals surface area contributed by atoms with Gasteiger partial charge in [0.1, 0.15) is 0 Å². The summed E-state index contributed by atoms with van der Waals surface area (Å²) in [6.07, 6.45) is 1.88. The van der Waals surface area contributed by atoms with E-state index in [0.717, 1.165) is 23.5 Å². The molecule has 0 fully saturated rings. The van der Waals surface area contributed by atoms with Crippen LogP contribution in [0, 0.1) is 0 Å². The zero-order chi connectivity index (χ0) is 19.7. The smallest absolute Gasteiger partial charge is 0.317 e. The lowest BCUT2D eigenvalue weighted by Crippen LogP contribution is -2.42. The second kappa shape index (κ2) is 10.4.